The van der Waals surface area contributed by atoms with Crippen molar-refractivity contribution in [1.29, 1.82) is 0 Å². The molecule has 0 aliphatic heterocycles. The summed E-state index contributed by atoms with van der Waals surface area (Å²) in [4.78, 5) is 29.2. The van der Waals surface area contributed by atoms with E-state index in [4.69, 9.17) is 4.74 Å². The molecule has 1 aromatic carbocycles. The van der Waals surface area contributed by atoms with Crippen molar-refractivity contribution in [3.8, 4) is 17.1 Å². The summed E-state index contributed by atoms with van der Waals surface area (Å²) in [6, 6.07) is 5.65. The molecule has 4 rings (SSSR count). The van der Waals surface area contributed by atoms with Crippen molar-refractivity contribution in [2.45, 2.75) is 6.92 Å². The van der Waals surface area contributed by atoms with E-state index in [0.29, 0.717) is 26.4 Å². The molecule has 0 aliphatic rings. The Bertz CT molecular complexity index is 1100. The SMILES string of the molecule is COc1cccc(-c2nc3c(sc4nccnc43)c(=O)[nH]2)c1C. The summed E-state index contributed by atoms with van der Waals surface area (Å²) in [6.45, 7) is 1.93. The second-order valence-electron chi connectivity index (χ2n) is 5.04. The molecule has 0 atom stereocenters. The average Bonchev–Trinajstić information content (AvgIpc) is 2.94. The van der Waals surface area contributed by atoms with Crippen LogP contribution in [0.3, 0.4) is 0 Å². The largest absolute Gasteiger partial charge is 0.496 e. The summed E-state index contributed by atoms with van der Waals surface area (Å²) >= 11 is 1.30. The van der Waals surface area contributed by atoms with Crippen LogP contribution in [0.5, 0.6) is 5.75 Å². The lowest BCUT2D eigenvalue weighted by molar-refractivity contribution is 0.412. The smallest absolute Gasteiger partial charge is 0.269 e. The highest BCUT2D eigenvalue weighted by Gasteiger charge is 2.15. The Hall–Kier alpha value is -2.80. The van der Waals surface area contributed by atoms with E-state index in [2.05, 4.69) is 19.9 Å². The van der Waals surface area contributed by atoms with Crippen LogP contribution >= 0.6 is 11.3 Å². The van der Waals surface area contributed by atoms with Gasteiger partial charge in [0.2, 0.25) is 0 Å². The Kier molecular flexibility index (Phi) is 3.09. The van der Waals surface area contributed by atoms with Gasteiger partial charge in [-0.2, -0.15) is 0 Å². The fraction of sp³-hybridized carbons (Fsp3) is 0.125. The Morgan fingerprint density at radius 2 is 2.00 bits per heavy atom. The fourth-order valence-corrected chi connectivity index (χ4v) is 3.53. The highest BCUT2D eigenvalue weighted by molar-refractivity contribution is 7.25. The number of hydrogen-bond acceptors (Lipinski definition) is 6. The minimum Gasteiger partial charge on any atom is -0.496 e. The van der Waals surface area contributed by atoms with Crippen molar-refractivity contribution in [3.05, 3.63) is 46.5 Å². The predicted octanol–water partition coefficient (Wildman–Crippen LogP) is 2.91. The summed E-state index contributed by atoms with van der Waals surface area (Å²) in [5.41, 5.74) is 2.80. The molecule has 0 unspecified atom stereocenters. The molecule has 0 amide bonds. The molecular formula is C16H12N4O2S. The molecule has 1 N–H and O–H groups in total. The number of benzene rings is 1. The van der Waals surface area contributed by atoms with Crippen LogP contribution < -0.4 is 10.3 Å². The van der Waals surface area contributed by atoms with Crippen LogP contribution in [0.1, 0.15) is 5.56 Å². The van der Waals surface area contributed by atoms with E-state index in [-0.39, 0.29) is 5.56 Å². The Morgan fingerprint density at radius 3 is 2.83 bits per heavy atom. The van der Waals surface area contributed by atoms with Gasteiger partial charge in [0.1, 0.15) is 32.1 Å². The van der Waals surface area contributed by atoms with Gasteiger partial charge < -0.3 is 9.72 Å². The maximum atomic E-state index is 12.4. The zero-order valence-electron chi connectivity index (χ0n) is 12.5. The van der Waals surface area contributed by atoms with E-state index in [1.165, 1.54) is 11.3 Å². The van der Waals surface area contributed by atoms with Gasteiger partial charge in [0.25, 0.3) is 5.56 Å². The quantitative estimate of drug-likeness (QED) is 0.613. The lowest BCUT2D eigenvalue weighted by atomic mass is 10.1. The summed E-state index contributed by atoms with van der Waals surface area (Å²) in [6.07, 6.45) is 3.22. The zero-order valence-corrected chi connectivity index (χ0v) is 13.3. The third-order valence-corrected chi connectivity index (χ3v) is 4.80. The molecule has 0 aliphatic carbocycles. The molecule has 4 aromatic rings. The Labute approximate surface area is 134 Å². The van der Waals surface area contributed by atoms with Gasteiger partial charge in [0, 0.05) is 23.5 Å². The van der Waals surface area contributed by atoms with Gasteiger partial charge >= 0.3 is 0 Å². The topological polar surface area (TPSA) is 80.8 Å². The maximum Gasteiger partial charge on any atom is 0.269 e. The third-order valence-electron chi connectivity index (χ3n) is 3.72. The molecule has 23 heavy (non-hydrogen) atoms. The van der Waals surface area contributed by atoms with Crippen LogP contribution in [0, 0.1) is 6.92 Å². The summed E-state index contributed by atoms with van der Waals surface area (Å²) < 4.78 is 5.88. The van der Waals surface area contributed by atoms with E-state index in [1.54, 1.807) is 19.5 Å². The maximum absolute atomic E-state index is 12.4. The van der Waals surface area contributed by atoms with Crippen LogP contribution in [0.25, 0.3) is 32.0 Å². The highest BCUT2D eigenvalue weighted by Crippen LogP contribution is 2.31. The van der Waals surface area contributed by atoms with Gasteiger partial charge in [0.05, 0.1) is 7.11 Å². The third kappa shape index (κ3) is 2.08. The van der Waals surface area contributed by atoms with Crippen molar-refractivity contribution < 1.29 is 4.74 Å². The molecule has 3 aromatic heterocycles. The van der Waals surface area contributed by atoms with Crippen molar-refractivity contribution in [2.75, 3.05) is 7.11 Å². The molecular weight excluding hydrogens is 312 g/mol. The van der Waals surface area contributed by atoms with Gasteiger partial charge in [-0.3, -0.25) is 4.79 Å². The molecule has 6 nitrogen and oxygen atoms in total. The molecule has 0 saturated carbocycles. The molecule has 0 fully saturated rings. The number of hydrogen-bond donors (Lipinski definition) is 1. The normalized spacial score (nSPS) is 11.2. The molecule has 0 radical (unpaired) electrons. The van der Waals surface area contributed by atoms with Gasteiger partial charge in [-0.1, -0.05) is 12.1 Å². The van der Waals surface area contributed by atoms with Gasteiger partial charge in [-0.25, -0.2) is 15.0 Å². The molecule has 114 valence electrons. The van der Waals surface area contributed by atoms with Crippen LogP contribution in [-0.4, -0.2) is 27.0 Å². The Morgan fingerprint density at radius 1 is 1.17 bits per heavy atom. The van der Waals surface area contributed by atoms with Crippen molar-refractivity contribution in [1.82, 2.24) is 19.9 Å². The second-order valence-corrected chi connectivity index (χ2v) is 6.04. The number of ether oxygens (including phenoxy) is 1. The number of thiophene rings is 1. The average molecular weight is 324 g/mol. The number of nitrogens with zero attached hydrogens (tertiary/aromatic N) is 3. The molecule has 0 spiro atoms. The molecule has 0 saturated heterocycles. The number of aromatic nitrogens is 4. The first kappa shape index (κ1) is 13.8. The van der Waals surface area contributed by atoms with Crippen molar-refractivity contribution in [2.24, 2.45) is 0 Å². The lowest BCUT2D eigenvalue weighted by Gasteiger charge is -2.09. The minimum atomic E-state index is -0.183. The van der Waals surface area contributed by atoms with Crippen molar-refractivity contribution in [3.63, 3.8) is 0 Å². The van der Waals surface area contributed by atoms with Gasteiger partial charge in [-0.05, 0) is 13.0 Å². The fourth-order valence-electron chi connectivity index (χ4n) is 2.60. The van der Waals surface area contributed by atoms with E-state index in [1.807, 2.05) is 25.1 Å². The number of aromatic amines is 1. The summed E-state index contributed by atoms with van der Waals surface area (Å²) in [7, 11) is 1.62. The number of nitrogens with one attached hydrogen (secondary N) is 1. The van der Waals surface area contributed by atoms with E-state index in [9.17, 15) is 4.79 Å². The number of fused-ring (bicyclic) bond motifs is 3. The van der Waals surface area contributed by atoms with Crippen LogP contribution in [0.2, 0.25) is 0 Å². The van der Waals surface area contributed by atoms with E-state index in [0.717, 1.165) is 16.9 Å². The standard InChI is InChI=1S/C16H12N4O2S/c1-8-9(4-3-5-10(8)22-2)14-19-11-12-16(18-7-6-17-12)23-13(11)15(21)20-14/h3-7H,1-2H3,(H,19,20,21). The minimum absolute atomic E-state index is 0.183. The predicted molar refractivity (Wildman–Crippen MR) is 90.1 cm³/mol. The van der Waals surface area contributed by atoms with Crippen molar-refractivity contribution >= 4 is 31.9 Å². The lowest BCUT2D eigenvalue weighted by Crippen LogP contribution is -2.08. The van der Waals surface area contributed by atoms with Crippen LogP contribution in [0.4, 0.5) is 0 Å². The number of methoxy groups -OCH3 is 1. The zero-order chi connectivity index (χ0) is 16.0. The van der Waals surface area contributed by atoms with Gasteiger partial charge in [0.15, 0.2) is 0 Å². The number of rotatable bonds is 2. The number of H-pyrrole nitrogens is 1. The summed E-state index contributed by atoms with van der Waals surface area (Å²) in [5.74, 6) is 1.25. The summed E-state index contributed by atoms with van der Waals surface area (Å²) in [5, 5.41) is 0. The molecule has 7 heteroatoms. The first-order chi connectivity index (χ1) is 11.2. The second kappa shape index (κ2) is 5.13. The van der Waals surface area contributed by atoms with E-state index < -0.39 is 0 Å². The monoisotopic (exact) mass is 324 g/mol. The molecule has 3 heterocycles. The highest BCUT2D eigenvalue weighted by atomic mass is 32.1. The van der Waals surface area contributed by atoms with E-state index >= 15 is 0 Å². The molecule has 0 bridgehead atoms. The first-order valence-electron chi connectivity index (χ1n) is 6.96. The van der Waals surface area contributed by atoms with Crippen LogP contribution in [-0.2, 0) is 0 Å². The Balaban J connectivity index is 2.06. The van der Waals surface area contributed by atoms with Gasteiger partial charge in [-0.15, -0.1) is 11.3 Å². The van der Waals surface area contributed by atoms with Crippen LogP contribution in [0.15, 0.2) is 35.4 Å². The first-order valence-corrected chi connectivity index (χ1v) is 7.78.